The van der Waals surface area contributed by atoms with Crippen molar-refractivity contribution >= 4 is 16.1 Å². The molecule has 0 radical (unpaired) electrons. The van der Waals surface area contributed by atoms with Crippen LogP contribution in [0.15, 0.2) is 4.14 Å². The summed E-state index contributed by atoms with van der Waals surface area (Å²) in [6.45, 7) is 1.73. The van der Waals surface area contributed by atoms with E-state index >= 15 is 0 Å². The molecule has 2 N–H and O–H groups in total. The molecule has 0 saturated heterocycles. The fourth-order valence-corrected chi connectivity index (χ4v) is 0.451. The van der Waals surface area contributed by atoms with E-state index in [1.54, 1.807) is 0 Å². The van der Waals surface area contributed by atoms with Crippen LogP contribution in [0, 0.1) is 0 Å². The van der Waals surface area contributed by atoms with Crippen molar-refractivity contribution in [3.8, 4) is 0 Å². The molecule has 7 nitrogen and oxygen atoms in total. The highest BCUT2D eigenvalue weighted by atomic mass is 79.9. The Morgan fingerprint density at radius 1 is 1.07 bits per heavy atom. The van der Waals surface area contributed by atoms with Crippen LogP contribution < -0.4 is 0 Å². The van der Waals surface area contributed by atoms with E-state index in [1.165, 1.54) is 0 Å². The van der Waals surface area contributed by atoms with Crippen molar-refractivity contribution in [2.24, 2.45) is 4.14 Å². The average molecular weight is 272 g/mol. The van der Waals surface area contributed by atoms with Crippen LogP contribution in [-0.2, 0) is 9.47 Å². The van der Waals surface area contributed by atoms with Gasteiger partial charge in [-0.1, -0.05) is 0 Å². The van der Waals surface area contributed by atoms with E-state index in [0.29, 0.717) is 26.4 Å². The minimum atomic E-state index is 0.0417. The van der Waals surface area contributed by atoms with Crippen molar-refractivity contribution in [3.63, 3.8) is 0 Å². The zero-order valence-corrected chi connectivity index (χ0v) is 9.26. The molecular weight excluding hydrogens is 258 g/mol. The fourth-order valence-electron chi connectivity index (χ4n) is 0.451. The quantitative estimate of drug-likeness (QED) is 0.306. The highest BCUT2D eigenvalue weighted by molar-refractivity contribution is 9.08. The molecule has 0 aromatic carbocycles. The summed E-state index contributed by atoms with van der Waals surface area (Å²) in [4.78, 5) is 2.28. The first-order valence-electron chi connectivity index (χ1n) is 3.86. The van der Waals surface area contributed by atoms with Gasteiger partial charge in [-0.05, 0) is 9.67 Å². The average Bonchev–Trinajstić information content (AvgIpc) is 2.24. The van der Waals surface area contributed by atoms with Crippen LogP contribution in [0.25, 0.3) is 10.4 Å². The lowest BCUT2D eigenvalue weighted by Gasteiger charge is -2.01. The number of nitrogens with zero attached hydrogens (tertiary/aromatic N) is 3. The van der Waals surface area contributed by atoms with Gasteiger partial charge in [0.2, 0.25) is 0 Å². The predicted molar refractivity (Wildman–Crippen MR) is 53.9 cm³/mol. The molecule has 0 aliphatic rings. The van der Waals surface area contributed by atoms with Gasteiger partial charge in [0.25, 0.3) is 0 Å². The zero-order chi connectivity index (χ0) is 11.1. The molecule has 0 bridgehead atoms. The number of aliphatic hydroxyl groups is 2. The van der Waals surface area contributed by atoms with Gasteiger partial charge >= 0.3 is 0 Å². The second-order valence-electron chi connectivity index (χ2n) is 1.84. The van der Waals surface area contributed by atoms with Gasteiger partial charge in [0, 0.05) is 21.1 Å². The maximum absolute atomic E-state index is 8.26. The first kappa shape index (κ1) is 16.1. The summed E-state index contributed by atoms with van der Waals surface area (Å²) in [6.07, 6.45) is 0. The normalized spacial score (nSPS) is 8.50. The number of hydrogen-bond donors (Lipinski definition) is 2. The van der Waals surface area contributed by atoms with Crippen LogP contribution in [0.5, 0.6) is 0 Å². The van der Waals surface area contributed by atoms with Crippen LogP contribution in [0.2, 0.25) is 0 Å². The van der Waals surface area contributed by atoms with E-state index in [9.17, 15) is 0 Å². The third kappa shape index (κ3) is 22.6. The Balaban J connectivity index is 0. The lowest BCUT2D eigenvalue weighted by Crippen LogP contribution is -2.09. The monoisotopic (exact) mass is 271 g/mol. The molecule has 8 heteroatoms. The van der Waals surface area contributed by atoms with E-state index < -0.39 is 0 Å². The molecule has 0 atom stereocenters. The predicted octanol–water partition coefficient (Wildman–Crippen LogP) is 0.611. The van der Waals surface area contributed by atoms with Gasteiger partial charge < -0.3 is 19.7 Å². The molecule has 0 fully saturated rings. The smallest absolute Gasteiger partial charge is 0.0701 e. The number of aliphatic hydroxyl groups excluding tert-OH is 2. The molecule has 0 heterocycles. The second-order valence-corrected chi connectivity index (χ2v) is 2.15. The minimum absolute atomic E-state index is 0.0417. The lowest BCUT2D eigenvalue weighted by molar-refractivity contribution is 0.0222. The maximum Gasteiger partial charge on any atom is 0.0701 e. The third-order valence-corrected chi connectivity index (χ3v) is 1.02. The molecular formula is C6H14BrN3O4. The Bertz CT molecular complexity index is 135. The minimum Gasteiger partial charge on any atom is -0.394 e. The van der Waals surface area contributed by atoms with Crippen molar-refractivity contribution in [2.45, 2.75) is 0 Å². The molecule has 0 aliphatic carbocycles. The maximum atomic E-state index is 8.26. The first-order valence-corrected chi connectivity index (χ1v) is 4.57. The number of halogens is 1. The number of hydrogen-bond acceptors (Lipinski definition) is 5. The Hall–Kier alpha value is -0.370. The van der Waals surface area contributed by atoms with Gasteiger partial charge in [-0.3, -0.25) is 0 Å². The highest BCUT2D eigenvalue weighted by Crippen LogP contribution is 1.76. The standard InChI is InChI=1S/C6H14O4.BrN3/c7-1-3-9-5-6-10-4-2-8;1-3-4-2/h7-8H,1-6H2;. The van der Waals surface area contributed by atoms with Crippen LogP contribution in [0.1, 0.15) is 0 Å². The third-order valence-electron chi connectivity index (χ3n) is 0.877. The van der Waals surface area contributed by atoms with E-state index in [4.69, 9.17) is 25.2 Å². The molecule has 0 aromatic rings. The lowest BCUT2D eigenvalue weighted by atomic mass is 10.7. The summed E-state index contributed by atoms with van der Waals surface area (Å²) in [5.74, 6) is 0. The largest absolute Gasteiger partial charge is 0.394 e. The van der Waals surface area contributed by atoms with Crippen molar-refractivity contribution in [2.75, 3.05) is 39.6 Å². The van der Waals surface area contributed by atoms with Crippen molar-refractivity contribution in [1.29, 1.82) is 0 Å². The van der Waals surface area contributed by atoms with E-state index in [0.717, 1.165) is 0 Å². The molecule has 84 valence electrons. The summed E-state index contributed by atoms with van der Waals surface area (Å²) in [5.41, 5.74) is 7.29. The van der Waals surface area contributed by atoms with E-state index in [1.807, 2.05) is 0 Å². The Kier molecular flexibility index (Phi) is 21.2. The first-order chi connectivity index (χ1) is 6.83. The van der Waals surface area contributed by atoms with Crippen molar-refractivity contribution in [3.05, 3.63) is 10.4 Å². The molecule has 0 rings (SSSR count). The van der Waals surface area contributed by atoms with Gasteiger partial charge in [-0.2, -0.15) is 0 Å². The highest BCUT2D eigenvalue weighted by Gasteiger charge is 1.86. The van der Waals surface area contributed by atoms with Gasteiger partial charge in [0.05, 0.1) is 39.6 Å². The molecule has 0 amide bonds. The Labute approximate surface area is 90.6 Å². The summed E-state index contributed by atoms with van der Waals surface area (Å²) in [6, 6.07) is 0. The Morgan fingerprint density at radius 2 is 1.43 bits per heavy atom. The summed E-state index contributed by atoms with van der Waals surface area (Å²) in [7, 11) is 0. The van der Waals surface area contributed by atoms with Crippen LogP contribution in [0.3, 0.4) is 0 Å². The van der Waals surface area contributed by atoms with E-state index in [2.05, 4.69) is 25.2 Å². The topological polar surface area (TPSA) is 108 Å². The summed E-state index contributed by atoms with van der Waals surface area (Å²) < 4.78 is 12.5. The van der Waals surface area contributed by atoms with Crippen LogP contribution >= 0.6 is 16.1 Å². The Morgan fingerprint density at radius 3 is 1.64 bits per heavy atom. The molecule has 0 aliphatic heterocycles. The van der Waals surface area contributed by atoms with E-state index in [-0.39, 0.29) is 13.2 Å². The SMILES string of the molecule is OCCOCCOCCO.[N-]=[N+]=NBr. The van der Waals surface area contributed by atoms with Gasteiger partial charge in [-0.25, -0.2) is 0 Å². The molecule has 14 heavy (non-hydrogen) atoms. The van der Waals surface area contributed by atoms with Gasteiger partial charge in [-0.15, -0.1) is 0 Å². The van der Waals surface area contributed by atoms with Crippen LogP contribution in [0.4, 0.5) is 0 Å². The van der Waals surface area contributed by atoms with Gasteiger partial charge in [0.15, 0.2) is 0 Å². The number of ether oxygens (including phenoxy) is 2. The number of azide groups is 1. The van der Waals surface area contributed by atoms with Gasteiger partial charge in [0.1, 0.15) is 0 Å². The van der Waals surface area contributed by atoms with Crippen molar-refractivity contribution < 1.29 is 19.7 Å². The summed E-state index contributed by atoms with van der Waals surface area (Å²) >= 11 is 2.46. The van der Waals surface area contributed by atoms with Crippen LogP contribution in [-0.4, -0.2) is 49.9 Å². The molecule has 0 unspecified atom stereocenters. The number of rotatable bonds is 7. The summed E-state index contributed by atoms with van der Waals surface area (Å²) in [5, 5.41) is 16.5. The molecule has 0 aromatic heterocycles. The van der Waals surface area contributed by atoms with Crippen molar-refractivity contribution in [1.82, 2.24) is 0 Å². The zero-order valence-electron chi connectivity index (χ0n) is 7.67. The second kappa shape index (κ2) is 18.4. The fraction of sp³-hybridized carbons (Fsp3) is 1.00. The molecule has 0 spiro atoms. The molecule has 0 saturated carbocycles.